The summed E-state index contributed by atoms with van der Waals surface area (Å²) < 4.78 is 0. The van der Waals surface area contributed by atoms with Crippen molar-refractivity contribution in [3.05, 3.63) is 42.6 Å². The molecule has 3 rings (SSSR count). The summed E-state index contributed by atoms with van der Waals surface area (Å²) in [5.41, 5.74) is 2.76. The van der Waals surface area contributed by atoms with E-state index in [1.807, 2.05) is 23.2 Å². The molecule has 1 atom stereocenters. The standard InChI is InChI=1S/C16H18N4O/c1-12(21)20-7-3-5-14(11-20)16-10-18-9-15(19-16)13-4-2-6-17-8-13/h2,4,6,8-10,14H,3,5,7,11H2,1H3. The van der Waals surface area contributed by atoms with Gasteiger partial charge in [-0.15, -0.1) is 0 Å². The molecule has 1 saturated heterocycles. The number of hydrogen-bond acceptors (Lipinski definition) is 4. The van der Waals surface area contributed by atoms with E-state index in [0.29, 0.717) is 0 Å². The van der Waals surface area contributed by atoms with Crippen molar-refractivity contribution in [3.63, 3.8) is 0 Å². The van der Waals surface area contributed by atoms with Gasteiger partial charge in [0.1, 0.15) is 0 Å². The van der Waals surface area contributed by atoms with Crippen molar-refractivity contribution >= 4 is 5.91 Å². The summed E-state index contributed by atoms with van der Waals surface area (Å²) in [6, 6.07) is 3.87. The van der Waals surface area contributed by atoms with Crippen molar-refractivity contribution in [2.24, 2.45) is 0 Å². The maximum Gasteiger partial charge on any atom is 0.219 e. The molecule has 5 nitrogen and oxygen atoms in total. The number of piperidine rings is 1. The Hall–Kier alpha value is -2.30. The summed E-state index contributed by atoms with van der Waals surface area (Å²) in [6.07, 6.45) is 9.17. The summed E-state index contributed by atoms with van der Waals surface area (Å²) in [6.45, 7) is 3.21. The molecule has 0 bridgehead atoms. The molecule has 0 spiro atoms. The lowest BCUT2D eigenvalue weighted by molar-refractivity contribution is -0.130. The van der Waals surface area contributed by atoms with E-state index < -0.39 is 0 Å². The molecule has 108 valence electrons. The number of hydrogen-bond donors (Lipinski definition) is 0. The van der Waals surface area contributed by atoms with Gasteiger partial charge in [-0.25, -0.2) is 4.98 Å². The maximum absolute atomic E-state index is 11.5. The first-order chi connectivity index (χ1) is 10.2. The number of carbonyl (C=O) groups is 1. The van der Waals surface area contributed by atoms with Gasteiger partial charge in [0.25, 0.3) is 0 Å². The average molecular weight is 282 g/mol. The van der Waals surface area contributed by atoms with Gasteiger partial charge >= 0.3 is 0 Å². The van der Waals surface area contributed by atoms with Crippen molar-refractivity contribution in [2.45, 2.75) is 25.7 Å². The third-order valence-corrected chi connectivity index (χ3v) is 3.90. The Morgan fingerprint density at radius 2 is 2.19 bits per heavy atom. The number of pyridine rings is 1. The Bertz CT molecular complexity index is 629. The highest BCUT2D eigenvalue weighted by molar-refractivity contribution is 5.73. The Balaban J connectivity index is 1.84. The first-order valence-electron chi connectivity index (χ1n) is 7.22. The van der Waals surface area contributed by atoms with Gasteiger partial charge in [-0.05, 0) is 25.0 Å². The molecular formula is C16H18N4O. The maximum atomic E-state index is 11.5. The third-order valence-electron chi connectivity index (χ3n) is 3.90. The van der Waals surface area contributed by atoms with E-state index in [9.17, 15) is 4.79 Å². The number of nitrogens with zero attached hydrogens (tertiary/aromatic N) is 4. The smallest absolute Gasteiger partial charge is 0.219 e. The van der Waals surface area contributed by atoms with Crippen LogP contribution in [-0.2, 0) is 4.79 Å². The van der Waals surface area contributed by atoms with Crippen molar-refractivity contribution in [1.29, 1.82) is 0 Å². The number of likely N-dealkylation sites (tertiary alicyclic amines) is 1. The summed E-state index contributed by atoms with van der Waals surface area (Å²) in [5.74, 6) is 0.405. The number of rotatable bonds is 2. The van der Waals surface area contributed by atoms with Crippen LogP contribution in [0.4, 0.5) is 0 Å². The van der Waals surface area contributed by atoms with Crippen LogP contribution in [0.2, 0.25) is 0 Å². The van der Waals surface area contributed by atoms with Gasteiger partial charge < -0.3 is 4.90 Å². The monoisotopic (exact) mass is 282 g/mol. The molecule has 1 amide bonds. The van der Waals surface area contributed by atoms with Crippen LogP contribution in [0.5, 0.6) is 0 Å². The molecule has 0 radical (unpaired) electrons. The van der Waals surface area contributed by atoms with Gasteiger partial charge in [0, 0.05) is 50.1 Å². The van der Waals surface area contributed by atoms with Crippen LogP contribution in [-0.4, -0.2) is 38.8 Å². The summed E-state index contributed by atoms with van der Waals surface area (Å²) in [4.78, 5) is 26.6. The molecule has 0 saturated carbocycles. The van der Waals surface area contributed by atoms with Crippen molar-refractivity contribution in [3.8, 4) is 11.3 Å². The molecule has 1 aliphatic rings. The highest BCUT2D eigenvalue weighted by atomic mass is 16.2. The summed E-state index contributed by atoms with van der Waals surface area (Å²) in [7, 11) is 0. The lowest BCUT2D eigenvalue weighted by Gasteiger charge is -2.31. The van der Waals surface area contributed by atoms with Gasteiger partial charge in [-0.1, -0.05) is 0 Å². The SMILES string of the molecule is CC(=O)N1CCCC(c2cncc(-c3cccnc3)n2)C1. The molecule has 1 unspecified atom stereocenters. The fourth-order valence-corrected chi connectivity index (χ4v) is 2.74. The molecule has 5 heteroatoms. The number of aromatic nitrogens is 3. The zero-order valence-corrected chi connectivity index (χ0v) is 12.1. The first kappa shape index (κ1) is 13.7. The van der Waals surface area contributed by atoms with Crippen LogP contribution < -0.4 is 0 Å². The fourth-order valence-electron chi connectivity index (χ4n) is 2.74. The van der Waals surface area contributed by atoms with E-state index in [1.165, 1.54) is 0 Å². The zero-order valence-electron chi connectivity index (χ0n) is 12.1. The lowest BCUT2D eigenvalue weighted by atomic mass is 9.95. The van der Waals surface area contributed by atoms with Crippen LogP contribution in [0.25, 0.3) is 11.3 Å². The second-order valence-corrected chi connectivity index (χ2v) is 5.38. The Kier molecular flexibility index (Phi) is 3.90. The topological polar surface area (TPSA) is 59.0 Å². The number of amides is 1. The molecule has 1 aliphatic heterocycles. The molecule has 0 aliphatic carbocycles. The molecule has 1 fully saturated rings. The Morgan fingerprint density at radius 3 is 2.95 bits per heavy atom. The van der Waals surface area contributed by atoms with Gasteiger partial charge in [-0.2, -0.15) is 0 Å². The van der Waals surface area contributed by atoms with Crippen molar-refractivity contribution < 1.29 is 4.79 Å². The van der Waals surface area contributed by atoms with Gasteiger partial charge in [-0.3, -0.25) is 14.8 Å². The van der Waals surface area contributed by atoms with E-state index in [4.69, 9.17) is 4.98 Å². The van der Waals surface area contributed by atoms with Crippen LogP contribution >= 0.6 is 0 Å². The first-order valence-corrected chi connectivity index (χ1v) is 7.22. The molecule has 0 aromatic carbocycles. The van der Waals surface area contributed by atoms with Crippen LogP contribution in [0.3, 0.4) is 0 Å². The minimum atomic E-state index is 0.135. The average Bonchev–Trinajstić information content (AvgIpc) is 2.56. The predicted molar refractivity (Wildman–Crippen MR) is 79.5 cm³/mol. The van der Waals surface area contributed by atoms with Crippen molar-refractivity contribution in [2.75, 3.05) is 13.1 Å². The molecule has 2 aromatic rings. The van der Waals surface area contributed by atoms with E-state index in [1.54, 1.807) is 25.5 Å². The Morgan fingerprint density at radius 1 is 1.29 bits per heavy atom. The second-order valence-electron chi connectivity index (χ2n) is 5.38. The molecule has 3 heterocycles. The summed E-state index contributed by atoms with van der Waals surface area (Å²) in [5, 5.41) is 0. The van der Waals surface area contributed by atoms with E-state index >= 15 is 0 Å². The zero-order chi connectivity index (χ0) is 14.7. The predicted octanol–water partition coefficient (Wildman–Crippen LogP) is 2.26. The quantitative estimate of drug-likeness (QED) is 0.847. The Labute approximate surface area is 124 Å². The third kappa shape index (κ3) is 3.07. The largest absolute Gasteiger partial charge is 0.342 e. The van der Waals surface area contributed by atoms with Gasteiger partial charge in [0.05, 0.1) is 17.6 Å². The van der Waals surface area contributed by atoms with Gasteiger partial charge in [0.2, 0.25) is 5.91 Å². The number of carbonyl (C=O) groups excluding carboxylic acids is 1. The fraction of sp³-hybridized carbons (Fsp3) is 0.375. The normalized spacial score (nSPS) is 18.5. The minimum Gasteiger partial charge on any atom is -0.342 e. The van der Waals surface area contributed by atoms with Crippen LogP contribution in [0, 0.1) is 0 Å². The van der Waals surface area contributed by atoms with E-state index in [0.717, 1.165) is 42.9 Å². The molecule has 0 N–H and O–H groups in total. The summed E-state index contributed by atoms with van der Waals surface area (Å²) >= 11 is 0. The highest BCUT2D eigenvalue weighted by Gasteiger charge is 2.24. The van der Waals surface area contributed by atoms with E-state index in [2.05, 4.69) is 9.97 Å². The van der Waals surface area contributed by atoms with Gasteiger partial charge in [0.15, 0.2) is 0 Å². The van der Waals surface area contributed by atoms with E-state index in [-0.39, 0.29) is 11.8 Å². The van der Waals surface area contributed by atoms with Crippen LogP contribution in [0.15, 0.2) is 36.9 Å². The molecule has 2 aromatic heterocycles. The second kappa shape index (κ2) is 5.99. The van der Waals surface area contributed by atoms with Crippen molar-refractivity contribution in [1.82, 2.24) is 19.9 Å². The highest BCUT2D eigenvalue weighted by Crippen LogP contribution is 2.26. The molecule has 21 heavy (non-hydrogen) atoms. The minimum absolute atomic E-state index is 0.135. The lowest BCUT2D eigenvalue weighted by Crippen LogP contribution is -2.37. The van der Waals surface area contributed by atoms with Crippen LogP contribution in [0.1, 0.15) is 31.4 Å². The molecular weight excluding hydrogens is 264 g/mol.